The number of nitrogens with one attached hydrogen (secondary N) is 2. The van der Waals surface area contributed by atoms with Crippen molar-refractivity contribution in [1.82, 2.24) is 5.32 Å². The maximum Gasteiger partial charge on any atom is 0.131 e. The molecule has 0 aromatic carbocycles. The average Bonchev–Trinajstić information content (AvgIpc) is 2.11. The van der Waals surface area contributed by atoms with E-state index < -0.39 is 0 Å². The van der Waals surface area contributed by atoms with Gasteiger partial charge in [-0.05, 0) is 26.8 Å². The lowest BCUT2D eigenvalue weighted by Crippen LogP contribution is -2.38. The fourth-order valence-electron chi connectivity index (χ4n) is 1.11. The third-order valence-electron chi connectivity index (χ3n) is 1.65. The third kappa shape index (κ3) is 6.86. The molecule has 0 aliphatic rings. The Morgan fingerprint density at radius 1 is 1.53 bits per heavy atom. The number of ether oxygens (including phenoxy) is 1. The Balaban J connectivity index is 5.06. The lowest BCUT2D eigenvalue weighted by molar-refractivity contribution is 0.182. The van der Waals surface area contributed by atoms with Crippen molar-refractivity contribution in [2.24, 2.45) is 5.73 Å². The molecular formula is C11H20ClN3O2. The van der Waals surface area contributed by atoms with E-state index >= 15 is 0 Å². The summed E-state index contributed by atoms with van der Waals surface area (Å²) >= 11 is 5.57. The standard InChI is InChI=1S/C11H20ClN3O2/c1-11(2,3)15-9(13)5-7(10(12)14)8(16)6-17-4/h5,14-16H,6,13H2,1-4H3/b8-7?,9-5+,14-10?. The maximum absolute atomic E-state index is 9.63. The van der Waals surface area contributed by atoms with E-state index in [0.29, 0.717) is 5.82 Å². The van der Waals surface area contributed by atoms with E-state index in [4.69, 9.17) is 27.5 Å². The van der Waals surface area contributed by atoms with Crippen LogP contribution in [0.5, 0.6) is 0 Å². The topological polar surface area (TPSA) is 91.4 Å². The summed E-state index contributed by atoms with van der Waals surface area (Å²) in [7, 11) is 1.44. The molecule has 0 radical (unpaired) electrons. The molecule has 0 aromatic rings. The molecule has 5 nitrogen and oxygen atoms in total. The second kappa shape index (κ2) is 6.51. The second-order valence-electron chi connectivity index (χ2n) is 4.58. The second-order valence-corrected chi connectivity index (χ2v) is 4.96. The highest BCUT2D eigenvalue weighted by Gasteiger charge is 2.12. The van der Waals surface area contributed by atoms with Gasteiger partial charge >= 0.3 is 0 Å². The molecule has 0 bridgehead atoms. The SMILES string of the molecule is COCC(O)=C(/C=C(\N)NC(C)(C)C)C(=N)Cl. The third-order valence-corrected chi connectivity index (χ3v) is 1.85. The Kier molecular flexibility index (Phi) is 6.05. The van der Waals surface area contributed by atoms with Crippen LogP contribution < -0.4 is 11.1 Å². The Morgan fingerprint density at radius 2 is 2.06 bits per heavy atom. The molecule has 0 spiro atoms. The minimum atomic E-state index is -0.293. The zero-order chi connectivity index (χ0) is 13.6. The Labute approximate surface area is 107 Å². The molecule has 0 aliphatic heterocycles. The van der Waals surface area contributed by atoms with E-state index in [1.165, 1.54) is 13.2 Å². The first kappa shape index (κ1) is 15.8. The zero-order valence-corrected chi connectivity index (χ0v) is 11.4. The predicted octanol–water partition coefficient (Wildman–Crippen LogP) is 1.85. The van der Waals surface area contributed by atoms with Crippen molar-refractivity contribution in [3.05, 3.63) is 23.2 Å². The van der Waals surface area contributed by atoms with E-state index in [2.05, 4.69) is 5.32 Å². The van der Waals surface area contributed by atoms with E-state index in [-0.39, 0.29) is 28.6 Å². The number of aliphatic hydroxyl groups excluding tert-OH is 1. The van der Waals surface area contributed by atoms with Crippen molar-refractivity contribution < 1.29 is 9.84 Å². The largest absolute Gasteiger partial charge is 0.509 e. The number of hydrogen-bond donors (Lipinski definition) is 4. The minimum Gasteiger partial charge on any atom is -0.509 e. The van der Waals surface area contributed by atoms with Crippen LogP contribution in [-0.2, 0) is 4.74 Å². The molecule has 98 valence electrons. The van der Waals surface area contributed by atoms with E-state index in [9.17, 15) is 5.11 Å². The Bertz CT molecular complexity index is 343. The monoisotopic (exact) mass is 261 g/mol. The molecule has 6 heteroatoms. The van der Waals surface area contributed by atoms with Crippen molar-refractivity contribution in [1.29, 1.82) is 5.41 Å². The lowest BCUT2D eigenvalue weighted by Gasteiger charge is -2.22. The predicted molar refractivity (Wildman–Crippen MR) is 70.3 cm³/mol. The van der Waals surface area contributed by atoms with Crippen molar-refractivity contribution >= 4 is 16.8 Å². The Hall–Kier alpha value is -1.20. The van der Waals surface area contributed by atoms with Crippen LogP contribution in [0.25, 0.3) is 0 Å². The van der Waals surface area contributed by atoms with Gasteiger partial charge < -0.3 is 20.9 Å². The smallest absolute Gasteiger partial charge is 0.131 e. The first-order valence-corrected chi connectivity index (χ1v) is 5.46. The van der Waals surface area contributed by atoms with Gasteiger partial charge in [-0.3, -0.25) is 5.41 Å². The van der Waals surface area contributed by atoms with Gasteiger partial charge in [0.1, 0.15) is 17.5 Å². The van der Waals surface area contributed by atoms with Crippen molar-refractivity contribution in [3.63, 3.8) is 0 Å². The number of allylic oxidation sites excluding steroid dienone is 2. The lowest BCUT2D eigenvalue weighted by atomic mass is 10.1. The zero-order valence-electron chi connectivity index (χ0n) is 10.6. The summed E-state index contributed by atoms with van der Waals surface area (Å²) in [4.78, 5) is 0. The average molecular weight is 262 g/mol. The molecule has 0 heterocycles. The fourth-order valence-corrected chi connectivity index (χ4v) is 1.28. The molecule has 0 amide bonds. The van der Waals surface area contributed by atoms with E-state index in [1.54, 1.807) is 0 Å². The summed E-state index contributed by atoms with van der Waals surface area (Å²) < 4.78 is 4.76. The molecule has 17 heavy (non-hydrogen) atoms. The van der Waals surface area contributed by atoms with E-state index in [1.807, 2.05) is 20.8 Å². The molecule has 0 aliphatic carbocycles. The number of nitrogens with two attached hydrogens (primary N) is 1. The summed E-state index contributed by atoms with van der Waals surface area (Å²) in [6, 6.07) is 0. The van der Waals surface area contributed by atoms with Gasteiger partial charge in [0, 0.05) is 12.6 Å². The summed E-state index contributed by atoms with van der Waals surface area (Å²) in [6.07, 6.45) is 1.41. The van der Waals surface area contributed by atoms with Crippen LogP contribution in [-0.4, -0.2) is 29.5 Å². The van der Waals surface area contributed by atoms with Crippen LogP contribution in [0.4, 0.5) is 0 Å². The quantitative estimate of drug-likeness (QED) is 0.345. The first-order valence-electron chi connectivity index (χ1n) is 5.08. The number of hydrogen-bond acceptors (Lipinski definition) is 5. The summed E-state index contributed by atoms with van der Waals surface area (Å²) in [6.45, 7) is 5.80. The van der Waals surface area contributed by atoms with E-state index in [0.717, 1.165) is 0 Å². The molecule has 0 unspecified atom stereocenters. The van der Waals surface area contributed by atoms with Crippen LogP contribution >= 0.6 is 11.6 Å². The molecule has 0 fully saturated rings. The van der Waals surface area contributed by atoms with Crippen LogP contribution in [0.1, 0.15) is 20.8 Å². The molecule has 0 saturated carbocycles. The first-order chi connectivity index (χ1) is 7.67. The van der Waals surface area contributed by atoms with Crippen LogP contribution in [0, 0.1) is 5.41 Å². The van der Waals surface area contributed by atoms with Crippen LogP contribution in [0.2, 0.25) is 0 Å². The van der Waals surface area contributed by atoms with Gasteiger partial charge in [0.15, 0.2) is 0 Å². The van der Waals surface area contributed by atoms with Crippen molar-refractivity contribution in [2.75, 3.05) is 13.7 Å². The molecule has 0 saturated heterocycles. The number of aliphatic hydroxyl groups is 1. The summed E-state index contributed by atoms with van der Waals surface area (Å²) in [5.74, 6) is 0.187. The molecule has 0 atom stereocenters. The van der Waals surface area contributed by atoms with Crippen molar-refractivity contribution in [2.45, 2.75) is 26.3 Å². The minimum absolute atomic E-state index is 0.0241. The normalized spacial score (nSPS) is 14.3. The highest BCUT2D eigenvalue weighted by atomic mass is 35.5. The fraction of sp³-hybridized carbons (Fsp3) is 0.545. The van der Waals surface area contributed by atoms with Crippen molar-refractivity contribution in [3.8, 4) is 0 Å². The van der Waals surface area contributed by atoms with Gasteiger partial charge in [-0.2, -0.15) is 0 Å². The van der Waals surface area contributed by atoms with Gasteiger partial charge in [0.05, 0.1) is 11.4 Å². The molecule has 0 aromatic heterocycles. The molecule has 0 rings (SSSR count). The number of rotatable bonds is 5. The van der Waals surface area contributed by atoms with Gasteiger partial charge in [0.2, 0.25) is 0 Å². The number of methoxy groups -OCH3 is 1. The van der Waals surface area contributed by atoms with Crippen LogP contribution in [0.15, 0.2) is 23.2 Å². The maximum atomic E-state index is 9.63. The number of halogens is 1. The van der Waals surface area contributed by atoms with Gasteiger partial charge in [-0.25, -0.2) is 0 Å². The Morgan fingerprint density at radius 3 is 2.41 bits per heavy atom. The van der Waals surface area contributed by atoms with Gasteiger partial charge in [0.25, 0.3) is 0 Å². The van der Waals surface area contributed by atoms with Crippen LogP contribution in [0.3, 0.4) is 0 Å². The molecule has 5 N–H and O–H groups in total. The summed E-state index contributed by atoms with van der Waals surface area (Å²) in [5, 5.41) is 19.7. The van der Waals surface area contributed by atoms with Gasteiger partial charge in [-0.15, -0.1) is 0 Å². The highest BCUT2D eigenvalue weighted by Crippen LogP contribution is 2.11. The summed E-state index contributed by atoms with van der Waals surface area (Å²) in [5.41, 5.74) is 5.67. The van der Waals surface area contributed by atoms with Gasteiger partial charge in [-0.1, -0.05) is 11.6 Å². The highest BCUT2D eigenvalue weighted by molar-refractivity contribution is 6.69. The molecular weight excluding hydrogens is 242 g/mol.